The van der Waals surface area contributed by atoms with E-state index in [1.165, 1.54) is 5.56 Å². The van der Waals surface area contributed by atoms with Gasteiger partial charge in [-0.3, -0.25) is 0 Å². The number of ether oxygens (including phenoxy) is 2. The maximum Gasteiger partial charge on any atom is 0.174 e. The summed E-state index contributed by atoms with van der Waals surface area (Å²) in [6, 6.07) is 27.5. The fourth-order valence-electron chi connectivity index (χ4n) is 2.96. The van der Waals surface area contributed by atoms with E-state index < -0.39 is 0 Å². The fraction of sp³-hybridized carbons (Fsp3) is 0.160. The Bertz CT molecular complexity index is 1050. The van der Waals surface area contributed by atoms with Crippen LogP contribution in [0.2, 0.25) is 0 Å². The smallest absolute Gasteiger partial charge is 0.174 e. The van der Waals surface area contributed by atoms with Crippen molar-refractivity contribution in [2.24, 2.45) is 0 Å². The zero-order valence-electron chi connectivity index (χ0n) is 16.5. The molecule has 4 rings (SSSR count). The Morgan fingerprint density at radius 1 is 0.793 bits per heavy atom. The number of nitrogens with zero attached hydrogens (tertiary/aromatic N) is 1. The Kier molecular flexibility index (Phi) is 5.61. The summed E-state index contributed by atoms with van der Waals surface area (Å²) in [5, 5.41) is 4.17. The molecular formula is C25H23NO3. The van der Waals surface area contributed by atoms with Crippen LogP contribution in [0.15, 0.2) is 89.5 Å². The van der Waals surface area contributed by atoms with Crippen molar-refractivity contribution in [3.63, 3.8) is 0 Å². The van der Waals surface area contributed by atoms with Crippen molar-refractivity contribution in [2.45, 2.75) is 26.4 Å². The molecule has 0 fully saturated rings. The SMILES string of the molecule is CC(C)c1ccc(OCc2cc(-c3cccc(Oc4ccccc4)c3)no2)cc1. The number of rotatable bonds is 7. The van der Waals surface area contributed by atoms with E-state index in [1.807, 2.05) is 72.8 Å². The van der Waals surface area contributed by atoms with Crippen molar-refractivity contribution in [1.82, 2.24) is 5.16 Å². The summed E-state index contributed by atoms with van der Waals surface area (Å²) in [5.41, 5.74) is 2.96. The molecule has 0 radical (unpaired) electrons. The quantitative estimate of drug-likeness (QED) is 0.349. The van der Waals surface area contributed by atoms with Gasteiger partial charge < -0.3 is 14.0 Å². The standard InChI is InChI=1S/C25H23NO3/c1-18(2)19-11-13-21(14-12-19)27-17-24-16-25(26-29-24)20-7-6-10-23(15-20)28-22-8-4-3-5-9-22/h3-16,18H,17H2,1-2H3. The number of para-hydroxylation sites is 1. The molecule has 3 aromatic carbocycles. The van der Waals surface area contributed by atoms with Crippen LogP contribution in [0.3, 0.4) is 0 Å². The first kappa shape index (κ1) is 18.8. The first-order valence-electron chi connectivity index (χ1n) is 9.69. The van der Waals surface area contributed by atoms with Crippen molar-refractivity contribution in [3.05, 3.63) is 96.3 Å². The predicted molar refractivity (Wildman–Crippen MR) is 113 cm³/mol. The second-order valence-electron chi connectivity index (χ2n) is 7.13. The molecule has 0 aliphatic carbocycles. The lowest BCUT2D eigenvalue weighted by molar-refractivity contribution is 0.249. The van der Waals surface area contributed by atoms with Crippen molar-refractivity contribution in [2.75, 3.05) is 0 Å². The van der Waals surface area contributed by atoms with Gasteiger partial charge in [0.05, 0.1) is 0 Å². The van der Waals surface area contributed by atoms with Crippen LogP contribution < -0.4 is 9.47 Å². The third kappa shape index (κ3) is 4.85. The van der Waals surface area contributed by atoms with Crippen molar-refractivity contribution in [3.8, 4) is 28.5 Å². The Hall–Kier alpha value is -3.53. The van der Waals surface area contributed by atoms with Crippen molar-refractivity contribution in [1.29, 1.82) is 0 Å². The molecule has 1 aromatic heterocycles. The third-order valence-corrected chi connectivity index (χ3v) is 4.60. The van der Waals surface area contributed by atoms with E-state index in [4.69, 9.17) is 14.0 Å². The highest BCUT2D eigenvalue weighted by atomic mass is 16.5. The molecule has 0 saturated carbocycles. The molecular weight excluding hydrogens is 362 g/mol. The van der Waals surface area contributed by atoms with E-state index in [9.17, 15) is 0 Å². The van der Waals surface area contributed by atoms with Crippen LogP contribution >= 0.6 is 0 Å². The molecule has 146 valence electrons. The molecule has 0 unspecified atom stereocenters. The second-order valence-corrected chi connectivity index (χ2v) is 7.13. The third-order valence-electron chi connectivity index (χ3n) is 4.60. The molecule has 1 heterocycles. The molecule has 0 aliphatic rings. The van der Waals surface area contributed by atoms with Gasteiger partial charge in [-0.1, -0.05) is 61.5 Å². The molecule has 0 N–H and O–H groups in total. The molecule has 4 aromatic rings. The van der Waals surface area contributed by atoms with Crippen LogP contribution in [-0.2, 0) is 6.61 Å². The topological polar surface area (TPSA) is 44.5 Å². The second kappa shape index (κ2) is 8.65. The normalized spacial score (nSPS) is 10.9. The molecule has 4 heteroatoms. The van der Waals surface area contributed by atoms with Crippen molar-refractivity contribution >= 4 is 0 Å². The van der Waals surface area contributed by atoms with Gasteiger partial charge in [0.1, 0.15) is 29.5 Å². The molecule has 4 nitrogen and oxygen atoms in total. The summed E-state index contributed by atoms with van der Waals surface area (Å²) in [4.78, 5) is 0. The highest BCUT2D eigenvalue weighted by Crippen LogP contribution is 2.27. The van der Waals surface area contributed by atoms with E-state index in [0.717, 1.165) is 28.5 Å². The van der Waals surface area contributed by atoms with Gasteiger partial charge in [-0.05, 0) is 47.9 Å². The minimum absolute atomic E-state index is 0.328. The van der Waals surface area contributed by atoms with Gasteiger partial charge in [-0.25, -0.2) is 0 Å². The van der Waals surface area contributed by atoms with E-state index in [1.54, 1.807) is 0 Å². The zero-order chi connectivity index (χ0) is 20.1. The van der Waals surface area contributed by atoms with Gasteiger partial charge in [0.2, 0.25) is 0 Å². The van der Waals surface area contributed by atoms with E-state index in [2.05, 4.69) is 31.1 Å². The summed E-state index contributed by atoms with van der Waals surface area (Å²) in [5.74, 6) is 3.53. The lowest BCUT2D eigenvalue weighted by Crippen LogP contribution is -1.94. The number of hydrogen-bond acceptors (Lipinski definition) is 4. The molecule has 0 amide bonds. The Morgan fingerprint density at radius 3 is 2.31 bits per heavy atom. The van der Waals surface area contributed by atoms with Gasteiger partial charge in [0, 0.05) is 11.6 Å². The van der Waals surface area contributed by atoms with Gasteiger partial charge >= 0.3 is 0 Å². The largest absolute Gasteiger partial charge is 0.486 e. The number of aromatic nitrogens is 1. The highest BCUT2D eigenvalue weighted by molar-refractivity contribution is 5.61. The predicted octanol–water partition coefficient (Wildman–Crippen LogP) is 6.84. The first-order valence-corrected chi connectivity index (χ1v) is 9.69. The maximum atomic E-state index is 5.90. The summed E-state index contributed by atoms with van der Waals surface area (Å²) in [7, 11) is 0. The van der Waals surface area contributed by atoms with Crippen LogP contribution in [0, 0.1) is 0 Å². The minimum atomic E-state index is 0.328. The zero-order valence-corrected chi connectivity index (χ0v) is 16.5. The monoisotopic (exact) mass is 385 g/mol. The molecule has 0 aliphatic heterocycles. The number of benzene rings is 3. The van der Waals surface area contributed by atoms with Gasteiger partial charge in [-0.2, -0.15) is 0 Å². The average Bonchev–Trinajstić information content (AvgIpc) is 3.23. The minimum Gasteiger partial charge on any atom is -0.486 e. The van der Waals surface area contributed by atoms with Crippen LogP contribution in [0.4, 0.5) is 0 Å². The van der Waals surface area contributed by atoms with Crippen molar-refractivity contribution < 1.29 is 14.0 Å². The molecule has 0 saturated heterocycles. The highest BCUT2D eigenvalue weighted by Gasteiger charge is 2.09. The summed E-state index contributed by atoms with van der Waals surface area (Å²) in [6.45, 7) is 4.67. The van der Waals surface area contributed by atoms with Crippen LogP contribution in [0.1, 0.15) is 31.1 Å². The maximum absolute atomic E-state index is 5.90. The Morgan fingerprint density at radius 2 is 1.55 bits per heavy atom. The number of hydrogen-bond donors (Lipinski definition) is 0. The molecule has 0 spiro atoms. The fourth-order valence-corrected chi connectivity index (χ4v) is 2.96. The van der Waals surface area contributed by atoms with E-state index >= 15 is 0 Å². The first-order chi connectivity index (χ1) is 14.2. The Balaban J connectivity index is 1.41. The van der Waals surface area contributed by atoms with Crippen LogP contribution in [0.25, 0.3) is 11.3 Å². The van der Waals surface area contributed by atoms with Gasteiger partial charge in [0.25, 0.3) is 0 Å². The lowest BCUT2D eigenvalue weighted by atomic mass is 10.0. The van der Waals surface area contributed by atoms with E-state index in [0.29, 0.717) is 18.3 Å². The van der Waals surface area contributed by atoms with E-state index in [-0.39, 0.29) is 0 Å². The van der Waals surface area contributed by atoms with Gasteiger partial charge in [0.15, 0.2) is 5.76 Å². The lowest BCUT2D eigenvalue weighted by Gasteiger charge is -2.07. The van der Waals surface area contributed by atoms with Crippen LogP contribution in [-0.4, -0.2) is 5.16 Å². The molecule has 0 atom stereocenters. The summed E-state index contributed by atoms with van der Waals surface area (Å²) >= 11 is 0. The summed E-state index contributed by atoms with van der Waals surface area (Å²) < 4.78 is 17.2. The van der Waals surface area contributed by atoms with Crippen LogP contribution in [0.5, 0.6) is 17.2 Å². The summed E-state index contributed by atoms with van der Waals surface area (Å²) in [6.07, 6.45) is 0. The molecule has 29 heavy (non-hydrogen) atoms. The van der Waals surface area contributed by atoms with Gasteiger partial charge in [-0.15, -0.1) is 0 Å². The molecule has 0 bridgehead atoms. The average molecular weight is 385 g/mol. The Labute approximate surface area is 170 Å².